The molecule has 0 bridgehead atoms. The van der Waals surface area contributed by atoms with Crippen LogP contribution in [0.25, 0.3) is 0 Å². The van der Waals surface area contributed by atoms with Gasteiger partial charge in [-0.2, -0.15) is 5.26 Å². The minimum atomic E-state index is -0.480. The first kappa shape index (κ1) is 22.1. The number of halogens is 1. The highest BCUT2D eigenvalue weighted by Crippen LogP contribution is 2.35. The molecule has 1 atom stereocenters. The Morgan fingerprint density at radius 1 is 1.21 bits per heavy atom. The summed E-state index contributed by atoms with van der Waals surface area (Å²) >= 11 is 6.09. The summed E-state index contributed by atoms with van der Waals surface area (Å²) in [6.45, 7) is 3.96. The van der Waals surface area contributed by atoms with Crippen LogP contribution in [0.1, 0.15) is 31.0 Å². The van der Waals surface area contributed by atoms with Crippen LogP contribution in [0, 0.1) is 11.3 Å². The standard InChI is InChI=1S/C22H24ClN3O3/c1-5-15-6-8-16(9-7-15)14(2)26-22(27)17(12-24)13-25-19-11-20(28-3)18(23)10-21(19)29-4/h6-11,13-14,25H,5H2,1-4H3,(H,26,27)/b17-13-. The van der Waals surface area contributed by atoms with Crippen molar-refractivity contribution in [3.63, 3.8) is 0 Å². The quantitative estimate of drug-likeness (QED) is 0.487. The number of nitriles is 1. The highest BCUT2D eigenvalue weighted by molar-refractivity contribution is 6.32. The predicted molar refractivity (Wildman–Crippen MR) is 114 cm³/mol. The number of aryl methyl sites for hydroxylation is 1. The lowest BCUT2D eigenvalue weighted by Crippen LogP contribution is -2.28. The molecule has 7 heteroatoms. The van der Waals surface area contributed by atoms with Gasteiger partial charge in [0.1, 0.15) is 23.1 Å². The number of amides is 1. The van der Waals surface area contributed by atoms with Gasteiger partial charge in [0.15, 0.2) is 0 Å². The maximum atomic E-state index is 12.5. The number of hydrogen-bond acceptors (Lipinski definition) is 5. The maximum Gasteiger partial charge on any atom is 0.263 e. The number of nitrogens with one attached hydrogen (secondary N) is 2. The predicted octanol–water partition coefficient (Wildman–Crippen LogP) is 4.62. The molecule has 29 heavy (non-hydrogen) atoms. The van der Waals surface area contributed by atoms with E-state index in [1.807, 2.05) is 37.3 Å². The smallest absolute Gasteiger partial charge is 0.263 e. The molecule has 152 valence electrons. The van der Waals surface area contributed by atoms with Gasteiger partial charge in [-0.15, -0.1) is 0 Å². The first-order valence-electron chi connectivity index (χ1n) is 9.11. The van der Waals surface area contributed by atoms with E-state index in [1.165, 1.54) is 26.0 Å². The molecule has 0 saturated heterocycles. The Labute approximate surface area is 176 Å². The number of carbonyl (C=O) groups excluding carboxylic acids is 1. The lowest BCUT2D eigenvalue weighted by atomic mass is 10.0. The van der Waals surface area contributed by atoms with E-state index in [0.29, 0.717) is 22.2 Å². The zero-order chi connectivity index (χ0) is 21.4. The van der Waals surface area contributed by atoms with E-state index in [4.69, 9.17) is 21.1 Å². The van der Waals surface area contributed by atoms with Gasteiger partial charge in [-0.05, 0) is 24.5 Å². The van der Waals surface area contributed by atoms with Crippen LogP contribution in [0.2, 0.25) is 5.02 Å². The molecule has 0 saturated carbocycles. The Hall–Kier alpha value is -3.17. The summed E-state index contributed by atoms with van der Waals surface area (Å²) in [6, 6.07) is 12.9. The first-order valence-corrected chi connectivity index (χ1v) is 9.49. The monoisotopic (exact) mass is 413 g/mol. The average Bonchev–Trinajstić information content (AvgIpc) is 2.74. The molecule has 0 spiro atoms. The van der Waals surface area contributed by atoms with Crippen molar-refractivity contribution in [1.82, 2.24) is 5.32 Å². The van der Waals surface area contributed by atoms with E-state index >= 15 is 0 Å². The van der Waals surface area contributed by atoms with Gasteiger partial charge in [0.05, 0.1) is 31.0 Å². The molecule has 0 radical (unpaired) electrons. The van der Waals surface area contributed by atoms with Crippen molar-refractivity contribution in [3.8, 4) is 17.6 Å². The topological polar surface area (TPSA) is 83.4 Å². The van der Waals surface area contributed by atoms with E-state index in [1.54, 1.807) is 12.1 Å². The Morgan fingerprint density at radius 3 is 2.41 bits per heavy atom. The van der Waals surface area contributed by atoms with Crippen molar-refractivity contribution in [2.24, 2.45) is 0 Å². The lowest BCUT2D eigenvalue weighted by molar-refractivity contribution is -0.117. The fourth-order valence-corrected chi connectivity index (χ4v) is 2.90. The Kier molecular flexibility index (Phi) is 7.93. The number of benzene rings is 2. The van der Waals surface area contributed by atoms with Crippen LogP contribution < -0.4 is 20.1 Å². The summed E-state index contributed by atoms with van der Waals surface area (Å²) < 4.78 is 10.5. The van der Waals surface area contributed by atoms with E-state index < -0.39 is 5.91 Å². The fourth-order valence-electron chi connectivity index (χ4n) is 2.67. The van der Waals surface area contributed by atoms with Crippen molar-refractivity contribution in [1.29, 1.82) is 5.26 Å². The third-order valence-corrected chi connectivity index (χ3v) is 4.74. The molecule has 0 fully saturated rings. The number of nitrogens with zero attached hydrogens (tertiary/aromatic N) is 1. The lowest BCUT2D eigenvalue weighted by Gasteiger charge is -2.15. The Morgan fingerprint density at radius 2 is 1.86 bits per heavy atom. The second-order valence-electron chi connectivity index (χ2n) is 6.29. The molecule has 0 aliphatic carbocycles. The van der Waals surface area contributed by atoms with Crippen molar-refractivity contribution in [2.75, 3.05) is 19.5 Å². The summed E-state index contributed by atoms with van der Waals surface area (Å²) in [5.74, 6) is 0.413. The normalized spacial score (nSPS) is 11.9. The highest BCUT2D eigenvalue weighted by atomic mass is 35.5. The minimum absolute atomic E-state index is 0.0713. The largest absolute Gasteiger partial charge is 0.495 e. The van der Waals surface area contributed by atoms with Crippen LogP contribution in [-0.4, -0.2) is 20.1 Å². The van der Waals surface area contributed by atoms with Gasteiger partial charge in [0, 0.05) is 18.3 Å². The SMILES string of the molecule is CCc1ccc(C(C)NC(=O)/C(C#N)=C\Nc2cc(OC)c(Cl)cc2OC)cc1. The van der Waals surface area contributed by atoms with Crippen LogP contribution in [0.5, 0.6) is 11.5 Å². The number of anilines is 1. The van der Waals surface area contributed by atoms with Crippen LogP contribution in [0.3, 0.4) is 0 Å². The van der Waals surface area contributed by atoms with E-state index in [9.17, 15) is 10.1 Å². The molecule has 1 amide bonds. The first-order chi connectivity index (χ1) is 13.9. The zero-order valence-corrected chi connectivity index (χ0v) is 17.6. The maximum absolute atomic E-state index is 12.5. The zero-order valence-electron chi connectivity index (χ0n) is 16.9. The van der Waals surface area contributed by atoms with Gasteiger partial charge >= 0.3 is 0 Å². The molecule has 0 heterocycles. The van der Waals surface area contributed by atoms with E-state index in [0.717, 1.165) is 12.0 Å². The van der Waals surface area contributed by atoms with E-state index in [-0.39, 0.29) is 11.6 Å². The van der Waals surface area contributed by atoms with Crippen LogP contribution >= 0.6 is 11.6 Å². The minimum Gasteiger partial charge on any atom is -0.495 e. The number of ether oxygens (including phenoxy) is 2. The van der Waals surface area contributed by atoms with Crippen molar-refractivity contribution in [3.05, 3.63) is 64.3 Å². The van der Waals surface area contributed by atoms with Gasteiger partial charge < -0.3 is 20.1 Å². The molecule has 0 aromatic heterocycles. The van der Waals surface area contributed by atoms with Gasteiger partial charge in [-0.1, -0.05) is 42.8 Å². The van der Waals surface area contributed by atoms with Crippen LogP contribution in [-0.2, 0) is 11.2 Å². The van der Waals surface area contributed by atoms with Gasteiger partial charge in [0.25, 0.3) is 5.91 Å². The molecule has 2 aromatic carbocycles. The second-order valence-corrected chi connectivity index (χ2v) is 6.70. The molecule has 0 aliphatic heterocycles. The third kappa shape index (κ3) is 5.66. The average molecular weight is 414 g/mol. The molecular weight excluding hydrogens is 390 g/mol. The molecule has 1 unspecified atom stereocenters. The molecule has 0 aliphatic rings. The molecule has 2 N–H and O–H groups in total. The van der Waals surface area contributed by atoms with Crippen molar-refractivity contribution in [2.45, 2.75) is 26.3 Å². The van der Waals surface area contributed by atoms with Gasteiger partial charge in [-0.25, -0.2) is 0 Å². The van der Waals surface area contributed by atoms with Gasteiger partial charge in [0.2, 0.25) is 0 Å². The number of carbonyl (C=O) groups is 1. The fraction of sp³-hybridized carbons (Fsp3) is 0.273. The van der Waals surface area contributed by atoms with Crippen molar-refractivity contribution < 1.29 is 14.3 Å². The highest BCUT2D eigenvalue weighted by Gasteiger charge is 2.15. The molecule has 2 aromatic rings. The summed E-state index contributed by atoms with van der Waals surface area (Å²) in [5.41, 5.74) is 2.63. The number of rotatable bonds is 8. The molecular formula is C22H24ClN3O3. The molecule has 6 nitrogen and oxygen atoms in total. The number of hydrogen-bond donors (Lipinski definition) is 2. The Balaban J connectivity index is 2.14. The second kappa shape index (κ2) is 10.4. The summed E-state index contributed by atoms with van der Waals surface area (Å²) in [7, 11) is 2.99. The van der Waals surface area contributed by atoms with Crippen molar-refractivity contribution >= 4 is 23.2 Å². The van der Waals surface area contributed by atoms with Crippen LogP contribution in [0.4, 0.5) is 5.69 Å². The molecule has 2 rings (SSSR count). The summed E-state index contributed by atoms with van der Waals surface area (Å²) in [4.78, 5) is 12.5. The van der Waals surface area contributed by atoms with Crippen LogP contribution in [0.15, 0.2) is 48.2 Å². The number of methoxy groups -OCH3 is 2. The van der Waals surface area contributed by atoms with E-state index in [2.05, 4.69) is 17.6 Å². The van der Waals surface area contributed by atoms with Gasteiger partial charge in [-0.3, -0.25) is 4.79 Å². The summed E-state index contributed by atoms with van der Waals surface area (Å²) in [6.07, 6.45) is 2.28. The third-order valence-electron chi connectivity index (χ3n) is 4.45. The Bertz CT molecular complexity index is 934. The summed E-state index contributed by atoms with van der Waals surface area (Å²) in [5, 5.41) is 15.5.